The molecule has 1 aliphatic heterocycles. The third-order valence-corrected chi connectivity index (χ3v) is 8.26. The molecule has 0 bridgehead atoms. The summed E-state index contributed by atoms with van der Waals surface area (Å²) in [5, 5.41) is 1.71. The lowest BCUT2D eigenvalue weighted by molar-refractivity contribution is 0.916. The normalized spacial score (nSPS) is 19.6. The van der Waals surface area contributed by atoms with Crippen molar-refractivity contribution in [2.24, 2.45) is 0 Å². The van der Waals surface area contributed by atoms with Crippen molar-refractivity contribution in [3.05, 3.63) is 29.3 Å². The fraction of sp³-hybridized carbons (Fsp3) is 0.500. The Bertz CT molecular complexity index is 324. The highest BCUT2D eigenvalue weighted by atomic mass is 28.3. The van der Waals surface area contributed by atoms with Crippen LogP contribution in [0, 0.1) is 13.8 Å². The van der Waals surface area contributed by atoms with Gasteiger partial charge in [0.25, 0.3) is 0 Å². The standard InChI is InChI=1S/C12H18Si/c1-10-5-6-12(11(2)9-10)13(3)7-4-8-13/h5-6,9H,4,7-8H2,1-3H3. The molecule has 1 saturated heterocycles. The van der Waals surface area contributed by atoms with Crippen molar-refractivity contribution in [2.75, 3.05) is 0 Å². The van der Waals surface area contributed by atoms with Gasteiger partial charge in [-0.2, -0.15) is 0 Å². The van der Waals surface area contributed by atoms with Crippen LogP contribution in [0.2, 0.25) is 18.6 Å². The lowest BCUT2D eigenvalue weighted by Gasteiger charge is -2.37. The molecule has 1 aliphatic rings. The van der Waals surface area contributed by atoms with Crippen LogP contribution in [0.3, 0.4) is 0 Å². The summed E-state index contributed by atoms with van der Waals surface area (Å²) >= 11 is 0. The van der Waals surface area contributed by atoms with E-state index in [1.54, 1.807) is 5.19 Å². The van der Waals surface area contributed by atoms with E-state index in [2.05, 4.69) is 38.6 Å². The smallest absolute Gasteiger partial charge is 0.0652 e. The van der Waals surface area contributed by atoms with Crippen LogP contribution in [0.15, 0.2) is 18.2 Å². The van der Waals surface area contributed by atoms with Gasteiger partial charge in [-0.25, -0.2) is 0 Å². The molecule has 1 aromatic carbocycles. The zero-order chi connectivity index (χ0) is 9.47. The van der Waals surface area contributed by atoms with Gasteiger partial charge in [-0.05, 0) is 13.8 Å². The molecule has 0 atom stereocenters. The molecular formula is C12H18Si. The third kappa shape index (κ3) is 1.46. The van der Waals surface area contributed by atoms with Gasteiger partial charge in [0.1, 0.15) is 0 Å². The summed E-state index contributed by atoms with van der Waals surface area (Å²) in [5.41, 5.74) is 2.94. The van der Waals surface area contributed by atoms with Crippen LogP contribution in [0.1, 0.15) is 17.5 Å². The van der Waals surface area contributed by atoms with E-state index in [1.165, 1.54) is 29.6 Å². The van der Waals surface area contributed by atoms with E-state index in [4.69, 9.17) is 0 Å². The van der Waals surface area contributed by atoms with Crippen molar-refractivity contribution in [1.29, 1.82) is 0 Å². The fourth-order valence-corrected chi connectivity index (χ4v) is 5.93. The Kier molecular flexibility index (Phi) is 2.07. The zero-order valence-electron chi connectivity index (χ0n) is 8.85. The summed E-state index contributed by atoms with van der Waals surface area (Å²) in [7, 11) is -0.940. The van der Waals surface area contributed by atoms with Gasteiger partial charge >= 0.3 is 0 Å². The largest absolute Gasteiger partial charge is 0.0840 e. The summed E-state index contributed by atoms with van der Waals surface area (Å²) in [6, 6.07) is 10.0. The molecule has 0 aromatic heterocycles. The van der Waals surface area contributed by atoms with Gasteiger partial charge in [-0.3, -0.25) is 0 Å². The number of benzene rings is 1. The van der Waals surface area contributed by atoms with Crippen LogP contribution in [0.5, 0.6) is 0 Å². The van der Waals surface area contributed by atoms with Crippen LogP contribution in [0.25, 0.3) is 0 Å². The Morgan fingerprint density at radius 2 is 1.85 bits per heavy atom. The molecule has 0 N–H and O–H groups in total. The summed E-state index contributed by atoms with van der Waals surface area (Å²) in [4.78, 5) is 0. The van der Waals surface area contributed by atoms with Gasteiger partial charge < -0.3 is 0 Å². The summed E-state index contributed by atoms with van der Waals surface area (Å²) in [5.74, 6) is 0. The molecule has 1 heteroatoms. The maximum absolute atomic E-state index is 2.54. The molecule has 1 aromatic rings. The Morgan fingerprint density at radius 1 is 1.15 bits per heavy atom. The summed E-state index contributed by atoms with van der Waals surface area (Å²) in [6.07, 6.45) is 1.47. The first-order chi connectivity index (χ1) is 6.12. The molecule has 70 valence electrons. The Labute approximate surface area is 82.0 Å². The predicted molar refractivity (Wildman–Crippen MR) is 61.4 cm³/mol. The molecule has 2 rings (SSSR count). The molecule has 0 unspecified atom stereocenters. The number of rotatable bonds is 1. The summed E-state index contributed by atoms with van der Waals surface area (Å²) < 4.78 is 0. The van der Waals surface area contributed by atoms with E-state index >= 15 is 0 Å². The van der Waals surface area contributed by atoms with Gasteiger partial charge in [0.2, 0.25) is 0 Å². The van der Waals surface area contributed by atoms with Crippen molar-refractivity contribution in [1.82, 2.24) is 0 Å². The number of hydrogen-bond acceptors (Lipinski definition) is 0. The van der Waals surface area contributed by atoms with Gasteiger partial charge in [-0.15, -0.1) is 0 Å². The van der Waals surface area contributed by atoms with Crippen molar-refractivity contribution in [3.63, 3.8) is 0 Å². The van der Waals surface area contributed by atoms with Crippen molar-refractivity contribution in [3.8, 4) is 0 Å². The zero-order valence-corrected chi connectivity index (χ0v) is 9.85. The van der Waals surface area contributed by atoms with E-state index in [1.807, 2.05) is 0 Å². The lowest BCUT2D eigenvalue weighted by atomic mass is 10.2. The first-order valence-electron chi connectivity index (χ1n) is 5.20. The average molecular weight is 190 g/mol. The van der Waals surface area contributed by atoms with Crippen LogP contribution in [0.4, 0.5) is 0 Å². The minimum atomic E-state index is -0.940. The van der Waals surface area contributed by atoms with Crippen LogP contribution >= 0.6 is 0 Å². The van der Waals surface area contributed by atoms with E-state index in [9.17, 15) is 0 Å². The molecular weight excluding hydrogens is 172 g/mol. The minimum absolute atomic E-state index is 0.940. The Hall–Kier alpha value is -0.563. The van der Waals surface area contributed by atoms with Gasteiger partial charge in [0.05, 0.1) is 8.07 Å². The highest BCUT2D eigenvalue weighted by molar-refractivity contribution is 6.93. The quantitative estimate of drug-likeness (QED) is 0.597. The number of aryl methyl sites for hydroxylation is 2. The third-order valence-electron chi connectivity index (χ3n) is 3.49. The van der Waals surface area contributed by atoms with E-state index in [-0.39, 0.29) is 0 Å². The van der Waals surface area contributed by atoms with E-state index < -0.39 is 8.07 Å². The highest BCUT2D eigenvalue weighted by Crippen LogP contribution is 2.32. The first kappa shape index (κ1) is 9.01. The molecule has 1 fully saturated rings. The molecule has 0 amide bonds. The van der Waals surface area contributed by atoms with E-state index in [0.29, 0.717) is 0 Å². The van der Waals surface area contributed by atoms with E-state index in [0.717, 1.165) is 0 Å². The minimum Gasteiger partial charge on any atom is -0.0652 e. The second-order valence-electron chi connectivity index (χ2n) is 4.73. The van der Waals surface area contributed by atoms with Crippen molar-refractivity contribution < 1.29 is 0 Å². The second kappa shape index (κ2) is 2.98. The number of hydrogen-bond donors (Lipinski definition) is 0. The predicted octanol–water partition coefficient (Wildman–Crippen LogP) is 2.99. The van der Waals surface area contributed by atoms with Crippen LogP contribution in [-0.4, -0.2) is 8.07 Å². The highest BCUT2D eigenvalue weighted by Gasteiger charge is 2.36. The second-order valence-corrected chi connectivity index (χ2v) is 9.39. The molecule has 13 heavy (non-hydrogen) atoms. The van der Waals surface area contributed by atoms with Gasteiger partial charge in [-0.1, -0.05) is 59.6 Å². The molecule has 0 aliphatic carbocycles. The Morgan fingerprint density at radius 3 is 2.31 bits per heavy atom. The molecule has 0 nitrogen and oxygen atoms in total. The molecule has 0 radical (unpaired) electrons. The summed E-state index contributed by atoms with van der Waals surface area (Å²) in [6.45, 7) is 6.99. The Balaban J connectivity index is 2.40. The van der Waals surface area contributed by atoms with Crippen molar-refractivity contribution in [2.45, 2.75) is 38.9 Å². The van der Waals surface area contributed by atoms with Crippen LogP contribution < -0.4 is 5.19 Å². The first-order valence-corrected chi connectivity index (χ1v) is 8.11. The van der Waals surface area contributed by atoms with Gasteiger partial charge in [0.15, 0.2) is 0 Å². The van der Waals surface area contributed by atoms with Gasteiger partial charge in [0, 0.05) is 0 Å². The maximum atomic E-state index is 2.54. The van der Waals surface area contributed by atoms with Crippen LogP contribution in [-0.2, 0) is 0 Å². The lowest BCUT2D eigenvalue weighted by Crippen LogP contribution is -2.51. The fourth-order valence-electron chi connectivity index (χ4n) is 2.47. The molecule has 0 saturated carbocycles. The topological polar surface area (TPSA) is 0 Å². The molecule has 0 spiro atoms. The SMILES string of the molecule is Cc1ccc([Si]2(C)CCC2)c(C)c1. The average Bonchev–Trinajstić information content (AvgIpc) is 2.00. The van der Waals surface area contributed by atoms with Crippen molar-refractivity contribution >= 4 is 13.3 Å². The maximum Gasteiger partial charge on any atom is 0.0840 e. The molecule has 1 heterocycles. The monoisotopic (exact) mass is 190 g/mol.